The van der Waals surface area contributed by atoms with E-state index in [2.05, 4.69) is 20.3 Å². The number of carbonyl (C=O) groups is 1. The van der Waals surface area contributed by atoms with Crippen molar-refractivity contribution < 1.29 is 4.79 Å². The highest BCUT2D eigenvalue weighted by Crippen LogP contribution is 2.26. The van der Waals surface area contributed by atoms with Gasteiger partial charge in [0.15, 0.2) is 5.13 Å². The van der Waals surface area contributed by atoms with Gasteiger partial charge in [-0.05, 0) is 13.0 Å². The van der Waals surface area contributed by atoms with Crippen molar-refractivity contribution >= 4 is 28.2 Å². The molecule has 0 bridgehead atoms. The molecule has 20 heavy (non-hydrogen) atoms. The van der Waals surface area contributed by atoms with E-state index in [9.17, 15) is 4.79 Å². The van der Waals surface area contributed by atoms with E-state index in [1.165, 1.54) is 11.3 Å². The van der Waals surface area contributed by atoms with Gasteiger partial charge < -0.3 is 16.0 Å². The van der Waals surface area contributed by atoms with E-state index < -0.39 is 0 Å². The predicted octanol–water partition coefficient (Wildman–Crippen LogP) is 0.820. The average molecular weight is 292 g/mol. The second kappa shape index (κ2) is 5.83. The molecule has 0 saturated carbocycles. The van der Waals surface area contributed by atoms with E-state index in [-0.39, 0.29) is 11.7 Å². The molecular weight excluding hydrogens is 276 g/mol. The third-order valence-electron chi connectivity index (χ3n) is 2.49. The number of amides is 1. The Kier molecular flexibility index (Phi) is 4.14. The lowest BCUT2D eigenvalue weighted by Gasteiger charge is -2.05. The number of nitrogens with one attached hydrogen (secondary N) is 1. The van der Waals surface area contributed by atoms with Crippen LogP contribution in [-0.4, -0.2) is 35.0 Å². The molecule has 2 rings (SSSR count). The molecule has 0 fully saturated rings. The summed E-state index contributed by atoms with van der Waals surface area (Å²) in [5, 5.41) is 3.48. The largest absolute Gasteiger partial charge is 0.382 e. The lowest BCUT2D eigenvalue weighted by atomic mass is 10.3. The molecule has 106 valence electrons. The minimum Gasteiger partial charge on any atom is -0.382 e. The van der Waals surface area contributed by atoms with Crippen LogP contribution in [0.3, 0.4) is 0 Å². The molecule has 0 spiro atoms. The van der Waals surface area contributed by atoms with Gasteiger partial charge in [0.25, 0.3) is 5.91 Å². The third kappa shape index (κ3) is 3.21. The van der Waals surface area contributed by atoms with Crippen LogP contribution in [0.4, 0.5) is 10.9 Å². The summed E-state index contributed by atoms with van der Waals surface area (Å²) in [7, 11) is 3.70. The molecule has 2 heterocycles. The Morgan fingerprint density at radius 2 is 2.20 bits per heavy atom. The normalized spacial score (nSPS) is 10.3. The van der Waals surface area contributed by atoms with Crippen molar-refractivity contribution in [2.45, 2.75) is 13.5 Å². The number of hydrogen-bond acceptors (Lipinski definition) is 7. The molecule has 0 aliphatic rings. The minimum atomic E-state index is -0.246. The predicted molar refractivity (Wildman–Crippen MR) is 78.8 cm³/mol. The Morgan fingerprint density at radius 3 is 2.80 bits per heavy atom. The van der Waals surface area contributed by atoms with E-state index in [4.69, 9.17) is 5.73 Å². The summed E-state index contributed by atoms with van der Waals surface area (Å²) in [6.45, 7) is 2.13. The first-order valence-corrected chi connectivity index (χ1v) is 6.79. The number of thiazole rings is 1. The van der Waals surface area contributed by atoms with Crippen LogP contribution >= 0.6 is 11.3 Å². The van der Waals surface area contributed by atoms with Crippen LogP contribution in [0.1, 0.15) is 21.2 Å². The fourth-order valence-electron chi connectivity index (χ4n) is 1.53. The molecule has 0 atom stereocenters. The smallest absolute Gasteiger partial charge is 0.265 e. The summed E-state index contributed by atoms with van der Waals surface area (Å²) in [4.78, 5) is 26.7. The van der Waals surface area contributed by atoms with E-state index in [0.717, 1.165) is 5.69 Å². The number of hydrogen-bond donors (Lipinski definition) is 2. The van der Waals surface area contributed by atoms with Crippen molar-refractivity contribution in [3.8, 4) is 0 Å². The zero-order valence-electron chi connectivity index (χ0n) is 11.5. The van der Waals surface area contributed by atoms with Crippen molar-refractivity contribution in [3.05, 3.63) is 28.7 Å². The van der Waals surface area contributed by atoms with E-state index in [1.807, 2.05) is 19.0 Å². The zero-order chi connectivity index (χ0) is 14.7. The first-order valence-electron chi connectivity index (χ1n) is 5.97. The number of nitrogens with zero attached hydrogens (tertiary/aromatic N) is 4. The van der Waals surface area contributed by atoms with Gasteiger partial charge in [-0.15, -0.1) is 0 Å². The molecule has 2 aromatic heterocycles. The fraction of sp³-hybridized carbons (Fsp3) is 0.333. The maximum absolute atomic E-state index is 12.1. The highest BCUT2D eigenvalue weighted by Gasteiger charge is 2.16. The van der Waals surface area contributed by atoms with Gasteiger partial charge in [0.1, 0.15) is 16.5 Å². The van der Waals surface area contributed by atoms with Crippen LogP contribution in [0.15, 0.2) is 12.3 Å². The van der Waals surface area contributed by atoms with Crippen LogP contribution in [0, 0.1) is 6.92 Å². The van der Waals surface area contributed by atoms with Gasteiger partial charge in [-0.2, -0.15) is 0 Å². The maximum atomic E-state index is 12.1. The number of carbonyl (C=O) groups excluding carboxylic acids is 1. The van der Waals surface area contributed by atoms with Crippen LogP contribution in [-0.2, 0) is 6.54 Å². The Morgan fingerprint density at radius 1 is 1.45 bits per heavy atom. The molecule has 0 aromatic carbocycles. The topological polar surface area (TPSA) is 97.0 Å². The third-order valence-corrected chi connectivity index (χ3v) is 3.73. The summed E-state index contributed by atoms with van der Waals surface area (Å²) >= 11 is 1.26. The highest BCUT2D eigenvalue weighted by molar-refractivity contribution is 7.18. The summed E-state index contributed by atoms with van der Waals surface area (Å²) in [6.07, 6.45) is 1.66. The first-order chi connectivity index (χ1) is 9.47. The molecule has 0 saturated heterocycles. The van der Waals surface area contributed by atoms with Gasteiger partial charge in [0.05, 0.1) is 12.2 Å². The second-order valence-corrected chi connectivity index (χ2v) is 5.36. The van der Waals surface area contributed by atoms with Crippen LogP contribution in [0.5, 0.6) is 0 Å². The lowest BCUT2D eigenvalue weighted by Crippen LogP contribution is -2.23. The van der Waals surface area contributed by atoms with Gasteiger partial charge in [0.2, 0.25) is 0 Å². The highest BCUT2D eigenvalue weighted by atomic mass is 32.1. The van der Waals surface area contributed by atoms with Gasteiger partial charge >= 0.3 is 0 Å². The van der Waals surface area contributed by atoms with Gasteiger partial charge in [0, 0.05) is 20.3 Å². The maximum Gasteiger partial charge on any atom is 0.265 e. The Hall–Kier alpha value is -2.22. The van der Waals surface area contributed by atoms with Crippen LogP contribution in [0.25, 0.3) is 0 Å². The molecule has 3 N–H and O–H groups in total. The molecule has 1 amide bonds. The lowest BCUT2D eigenvalue weighted by molar-refractivity contribution is 0.0955. The summed E-state index contributed by atoms with van der Waals surface area (Å²) in [6, 6.07) is 1.76. The monoisotopic (exact) mass is 292 g/mol. The minimum absolute atomic E-state index is 0.245. The molecule has 7 nitrogen and oxygen atoms in total. The number of nitrogens with two attached hydrogens (primary N) is 1. The second-order valence-electron chi connectivity index (χ2n) is 4.38. The van der Waals surface area contributed by atoms with E-state index in [1.54, 1.807) is 19.2 Å². The molecule has 8 heteroatoms. The van der Waals surface area contributed by atoms with Crippen LogP contribution < -0.4 is 16.0 Å². The summed E-state index contributed by atoms with van der Waals surface area (Å²) < 4.78 is 0. The molecule has 0 aliphatic carbocycles. The first kappa shape index (κ1) is 14.2. The van der Waals surface area contributed by atoms with Crippen molar-refractivity contribution in [1.29, 1.82) is 0 Å². The summed E-state index contributed by atoms with van der Waals surface area (Å²) in [5.41, 5.74) is 6.51. The molecule has 0 aliphatic heterocycles. The Balaban J connectivity index is 2.05. The summed E-state index contributed by atoms with van der Waals surface area (Å²) in [5.74, 6) is 0.670. The Bertz CT molecular complexity index is 624. The Labute approximate surface area is 120 Å². The van der Waals surface area contributed by atoms with Gasteiger partial charge in [-0.1, -0.05) is 11.3 Å². The molecule has 2 aromatic rings. The van der Waals surface area contributed by atoms with E-state index >= 15 is 0 Å². The number of aryl methyl sites for hydroxylation is 1. The number of anilines is 2. The zero-order valence-corrected chi connectivity index (χ0v) is 12.4. The fourth-order valence-corrected chi connectivity index (χ4v) is 2.35. The van der Waals surface area contributed by atoms with E-state index in [0.29, 0.717) is 22.4 Å². The standard InChI is InChI=1S/C12H16N6OS/c1-7-14-5-4-8(16-7)6-15-11(19)9-10(13)17-12(20-9)18(2)3/h4-5H,6,13H2,1-3H3,(H,15,19). The molecule has 0 radical (unpaired) electrons. The number of aromatic nitrogens is 3. The van der Waals surface area contributed by atoms with Gasteiger partial charge in [-0.3, -0.25) is 4.79 Å². The van der Waals surface area contributed by atoms with Crippen molar-refractivity contribution in [2.75, 3.05) is 24.7 Å². The van der Waals surface area contributed by atoms with Crippen molar-refractivity contribution in [2.24, 2.45) is 0 Å². The van der Waals surface area contributed by atoms with Crippen LogP contribution in [0.2, 0.25) is 0 Å². The van der Waals surface area contributed by atoms with Crippen molar-refractivity contribution in [1.82, 2.24) is 20.3 Å². The SMILES string of the molecule is Cc1nccc(CNC(=O)c2sc(N(C)C)nc2N)n1. The number of rotatable bonds is 4. The average Bonchev–Trinajstić information content (AvgIpc) is 2.78. The number of nitrogen functional groups attached to an aromatic ring is 1. The molecular formula is C12H16N6OS. The quantitative estimate of drug-likeness (QED) is 0.866. The molecule has 0 unspecified atom stereocenters. The van der Waals surface area contributed by atoms with Crippen molar-refractivity contribution in [3.63, 3.8) is 0 Å². The van der Waals surface area contributed by atoms with Gasteiger partial charge in [-0.25, -0.2) is 15.0 Å².